The van der Waals surface area contributed by atoms with Gasteiger partial charge < -0.3 is 10.1 Å². The van der Waals surface area contributed by atoms with Gasteiger partial charge in [-0.3, -0.25) is 4.79 Å². The van der Waals surface area contributed by atoms with Crippen LogP contribution in [0.3, 0.4) is 0 Å². The zero-order chi connectivity index (χ0) is 12.8. The number of hydrogen-bond acceptors (Lipinski definition) is 2. The van der Waals surface area contributed by atoms with Gasteiger partial charge in [-0.25, -0.2) is 0 Å². The predicted octanol–water partition coefficient (Wildman–Crippen LogP) is 2.48. The summed E-state index contributed by atoms with van der Waals surface area (Å²) in [7, 11) is 0. The van der Waals surface area contributed by atoms with Crippen LogP contribution in [0.25, 0.3) is 0 Å². The average Bonchev–Trinajstić information content (AvgIpc) is 2.92. The van der Waals surface area contributed by atoms with Crippen LogP contribution in [0.1, 0.15) is 37.7 Å². The highest BCUT2D eigenvalue weighted by Crippen LogP contribution is 2.19. The molecule has 2 atom stereocenters. The Morgan fingerprint density at radius 3 is 2.83 bits per heavy atom. The molecule has 98 valence electrons. The van der Waals surface area contributed by atoms with E-state index in [4.69, 9.17) is 4.74 Å². The summed E-state index contributed by atoms with van der Waals surface area (Å²) in [5.74, 6) is 0.0619. The van der Waals surface area contributed by atoms with Gasteiger partial charge in [-0.15, -0.1) is 0 Å². The maximum Gasteiger partial charge on any atom is 0.227 e. The van der Waals surface area contributed by atoms with Crippen LogP contribution in [0.15, 0.2) is 30.3 Å². The lowest BCUT2D eigenvalue weighted by atomic mass is 9.95. The summed E-state index contributed by atoms with van der Waals surface area (Å²) in [6.07, 6.45) is 3.20. The van der Waals surface area contributed by atoms with Gasteiger partial charge in [0.05, 0.1) is 12.0 Å². The Morgan fingerprint density at radius 1 is 1.44 bits per heavy atom. The summed E-state index contributed by atoms with van der Waals surface area (Å²) >= 11 is 0. The normalized spacial score (nSPS) is 20.6. The minimum absolute atomic E-state index is 0.0485. The first kappa shape index (κ1) is 13.1. The molecule has 1 aliphatic heterocycles. The largest absolute Gasteiger partial charge is 0.376 e. The molecule has 1 aromatic rings. The molecule has 1 heterocycles. The van der Waals surface area contributed by atoms with E-state index in [0.717, 1.165) is 31.4 Å². The van der Waals surface area contributed by atoms with E-state index in [0.29, 0.717) is 6.54 Å². The smallest absolute Gasteiger partial charge is 0.227 e. The van der Waals surface area contributed by atoms with E-state index in [1.165, 1.54) is 0 Å². The molecule has 2 rings (SSSR count). The van der Waals surface area contributed by atoms with Gasteiger partial charge in [0.2, 0.25) is 5.91 Å². The first-order chi connectivity index (χ1) is 8.81. The standard InChI is InChI=1S/C15H21NO2/c1-2-14(12-7-4-3-5-8-12)15(17)16-11-13-9-6-10-18-13/h3-5,7-8,13-14H,2,6,9-11H2,1H3,(H,16,17)/t13-,14+/m1/s1. The topological polar surface area (TPSA) is 38.3 Å². The maximum atomic E-state index is 12.2. The van der Waals surface area contributed by atoms with Crippen LogP contribution in [0, 0.1) is 0 Å². The van der Waals surface area contributed by atoms with Crippen LogP contribution < -0.4 is 5.32 Å². The summed E-state index contributed by atoms with van der Waals surface area (Å²) in [4.78, 5) is 12.2. The van der Waals surface area contributed by atoms with Crippen molar-refractivity contribution in [3.63, 3.8) is 0 Å². The number of ether oxygens (including phenoxy) is 1. The minimum atomic E-state index is -0.0485. The minimum Gasteiger partial charge on any atom is -0.376 e. The fourth-order valence-electron chi connectivity index (χ4n) is 2.40. The molecule has 1 aromatic carbocycles. The SMILES string of the molecule is CC[C@H](C(=O)NC[C@H]1CCCO1)c1ccccc1. The molecule has 18 heavy (non-hydrogen) atoms. The van der Waals surface area contributed by atoms with Crippen molar-refractivity contribution in [1.82, 2.24) is 5.32 Å². The molecule has 1 aliphatic rings. The molecule has 0 aromatic heterocycles. The van der Waals surface area contributed by atoms with Gasteiger partial charge in [-0.2, -0.15) is 0 Å². The Hall–Kier alpha value is -1.35. The Morgan fingerprint density at radius 2 is 2.22 bits per heavy atom. The van der Waals surface area contributed by atoms with Gasteiger partial charge in [-0.05, 0) is 24.8 Å². The zero-order valence-electron chi connectivity index (χ0n) is 10.9. The van der Waals surface area contributed by atoms with Crippen molar-refractivity contribution in [2.75, 3.05) is 13.2 Å². The van der Waals surface area contributed by atoms with E-state index in [1.54, 1.807) is 0 Å². The van der Waals surface area contributed by atoms with Gasteiger partial charge in [0.25, 0.3) is 0 Å². The molecule has 1 fully saturated rings. The fourth-order valence-corrected chi connectivity index (χ4v) is 2.40. The fraction of sp³-hybridized carbons (Fsp3) is 0.533. The summed E-state index contributed by atoms with van der Waals surface area (Å²) in [5, 5.41) is 3.01. The van der Waals surface area contributed by atoms with Gasteiger partial charge >= 0.3 is 0 Å². The number of carbonyl (C=O) groups excluding carboxylic acids is 1. The van der Waals surface area contributed by atoms with Crippen LogP contribution >= 0.6 is 0 Å². The molecular weight excluding hydrogens is 226 g/mol. The second kappa shape index (κ2) is 6.55. The molecule has 0 aliphatic carbocycles. The Labute approximate surface area is 109 Å². The van der Waals surface area contributed by atoms with Crippen molar-refractivity contribution in [2.45, 2.75) is 38.2 Å². The molecule has 0 unspecified atom stereocenters. The highest BCUT2D eigenvalue weighted by molar-refractivity contribution is 5.83. The second-order valence-electron chi connectivity index (χ2n) is 4.75. The van der Waals surface area contributed by atoms with Crippen LogP contribution in [-0.2, 0) is 9.53 Å². The van der Waals surface area contributed by atoms with Gasteiger partial charge in [0.15, 0.2) is 0 Å². The molecule has 3 nitrogen and oxygen atoms in total. The molecule has 1 saturated heterocycles. The summed E-state index contributed by atoms with van der Waals surface area (Å²) in [6, 6.07) is 9.96. The number of carbonyl (C=O) groups is 1. The molecule has 0 bridgehead atoms. The monoisotopic (exact) mass is 247 g/mol. The zero-order valence-corrected chi connectivity index (χ0v) is 10.9. The van der Waals surface area contributed by atoms with Gasteiger partial charge in [-0.1, -0.05) is 37.3 Å². The third-order valence-electron chi connectivity index (χ3n) is 3.45. The van der Waals surface area contributed by atoms with E-state index >= 15 is 0 Å². The molecular formula is C15H21NO2. The Balaban J connectivity index is 1.89. The highest BCUT2D eigenvalue weighted by Gasteiger charge is 2.21. The number of nitrogens with one attached hydrogen (secondary N) is 1. The lowest BCUT2D eigenvalue weighted by Crippen LogP contribution is -2.35. The molecule has 0 radical (unpaired) electrons. The molecule has 3 heteroatoms. The average molecular weight is 247 g/mol. The molecule has 1 N–H and O–H groups in total. The quantitative estimate of drug-likeness (QED) is 0.868. The van der Waals surface area contributed by atoms with Crippen molar-refractivity contribution >= 4 is 5.91 Å². The lowest BCUT2D eigenvalue weighted by Gasteiger charge is -2.17. The van der Waals surface area contributed by atoms with Gasteiger partial charge in [0.1, 0.15) is 0 Å². The van der Waals surface area contributed by atoms with E-state index < -0.39 is 0 Å². The van der Waals surface area contributed by atoms with E-state index in [9.17, 15) is 4.79 Å². The van der Waals surface area contributed by atoms with E-state index in [-0.39, 0.29) is 17.9 Å². The van der Waals surface area contributed by atoms with Crippen molar-refractivity contribution in [3.8, 4) is 0 Å². The summed E-state index contributed by atoms with van der Waals surface area (Å²) in [5.41, 5.74) is 1.09. The number of rotatable bonds is 5. The number of amides is 1. The third-order valence-corrected chi connectivity index (χ3v) is 3.45. The van der Waals surface area contributed by atoms with Crippen LogP contribution in [0.5, 0.6) is 0 Å². The first-order valence-corrected chi connectivity index (χ1v) is 6.75. The molecule has 0 saturated carbocycles. The van der Waals surface area contributed by atoms with Crippen molar-refractivity contribution in [3.05, 3.63) is 35.9 Å². The van der Waals surface area contributed by atoms with Crippen LogP contribution in [0.4, 0.5) is 0 Å². The van der Waals surface area contributed by atoms with E-state index in [2.05, 4.69) is 5.32 Å². The maximum absolute atomic E-state index is 12.2. The predicted molar refractivity (Wildman–Crippen MR) is 71.5 cm³/mol. The van der Waals surface area contributed by atoms with E-state index in [1.807, 2.05) is 37.3 Å². The Kier molecular flexibility index (Phi) is 4.76. The highest BCUT2D eigenvalue weighted by atomic mass is 16.5. The van der Waals surface area contributed by atoms with Crippen LogP contribution in [0.2, 0.25) is 0 Å². The number of benzene rings is 1. The van der Waals surface area contributed by atoms with Crippen molar-refractivity contribution in [1.29, 1.82) is 0 Å². The first-order valence-electron chi connectivity index (χ1n) is 6.75. The van der Waals surface area contributed by atoms with Crippen LogP contribution in [-0.4, -0.2) is 25.2 Å². The Bertz CT molecular complexity index is 371. The second-order valence-corrected chi connectivity index (χ2v) is 4.75. The third kappa shape index (κ3) is 3.33. The van der Waals surface area contributed by atoms with Gasteiger partial charge in [0, 0.05) is 13.2 Å². The number of hydrogen-bond donors (Lipinski definition) is 1. The lowest BCUT2D eigenvalue weighted by molar-refractivity contribution is -0.123. The summed E-state index contributed by atoms with van der Waals surface area (Å²) < 4.78 is 5.51. The molecule has 0 spiro atoms. The van der Waals surface area contributed by atoms with Crippen molar-refractivity contribution in [2.24, 2.45) is 0 Å². The molecule has 1 amide bonds. The van der Waals surface area contributed by atoms with Crippen molar-refractivity contribution < 1.29 is 9.53 Å². The summed E-state index contributed by atoms with van der Waals surface area (Å²) in [6.45, 7) is 3.52.